The van der Waals surface area contributed by atoms with E-state index in [1.54, 1.807) is 0 Å². The fraction of sp³-hybridized carbons (Fsp3) is 0.0167. The lowest BCUT2D eigenvalue weighted by Gasteiger charge is -2.19. The zero-order valence-corrected chi connectivity index (χ0v) is 34.4. The topological polar surface area (TPSA) is 52.3 Å². The van der Waals surface area contributed by atoms with Crippen LogP contribution in [0.15, 0.2) is 220 Å². The largest absolute Gasteiger partial charge is 0.456 e. The van der Waals surface area contributed by atoms with Crippen molar-refractivity contribution in [1.29, 1.82) is 0 Å². The van der Waals surface area contributed by atoms with Gasteiger partial charge in [0.05, 0.1) is 0 Å². The van der Waals surface area contributed by atoms with Crippen LogP contribution in [0.2, 0.25) is 0 Å². The zero-order chi connectivity index (χ0) is 41.9. The summed E-state index contributed by atoms with van der Waals surface area (Å²) in [4.78, 5) is 4.88. The Balaban J connectivity index is 1.10. The van der Waals surface area contributed by atoms with Crippen LogP contribution in [0.25, 0.3) is 121 Å². The van der Waals surface area contributed by atoms with Gasteiger partial charge in [-0.1, -0.05) is 158 Å². The van der Waals surface area contributed by atoms with E-state index >= 15 is 0 Å². The van der Waals surface area contributed by atoms with Gasteiger partial charge in [-0.15, -0.1) is 0 Å². The maximum Gasteiger partial charge on any atom is 0.143 e. The van der Waals surface area contributed by atoms with E-state index < -0.39 is 0 Å². The molecule has 4 heteroatoms. The average Bonchev–Trinajstić information content (AvgIpc) is 4.13. The lowest BCUT2D eigenvalue weighted by Crippen LogP contribution is -2.00. The molecule has 0 spiro atoms. The lowest BCUT2D eigenvalue weighted by molar-refractivity contribution is 0.655. The average molecular weight is 818 g/mol. The Bertz CT molecular complexity index is 3960. The standard InChI is InChI=1S/C60H35NO3/c1-3-14-35(15-4-1)49-33-61-34-50(36-16-5-2-6-17-36)55(49)46-30-29-45-43-22-13-23-47(58(43)64-59(45)54(46)37-26-31-53-48(32-37)40-20-10-11-24-51(40)62-53)56-41-21-8-7-18-38(41)42-27-28-44-39-19-9-12-25-52(39)63-60(44)57(42)56/h1-34,56H. The number of pyridine rings is 1. The van der Waals surface area contributed by atoms with Gasteiger partial charge < -0.3 is 13.3 Å². The Morgan fingerprint density at radius 1 is 0.312 bits per heavy atom. The first-order valence-electron chi connectivity index (χ1n) is 21.8. The summed E-state index contributed by atoms with van der Waals surface area (Å²) in [5, 5.41) is 6.51. The molecule has 1 aliphatic carbocycles. The predicted octanol–water partition coefficient (Wildman–Crippen LogP) is 16.6. The third-order valence-corrected chi connectivity index (χ3v) is 13.5. The van der Waals surface area contributed by atoms with E-state index in [2.05, 4.69) is 176 Å². The molecule has 4 nitrogen and oxygen atoms in total. The Labute approximate surface area is 367 Å². The molecule has 0 amide bonds. The van der Waals surface area contributed by atoms with Gasteiger partial charge >= 0.3 is 0 Å². The number of furan rings is 3. The van der Waals surface area contributed by atoms with E-state index in [9.17, 15) is 0 Å². The molecule has 1 atom stereocenters. The van der Waals surface area contributed by atoms with Crippen molar-refractivity contribution in [2.75, 3.05) is 0 Å². The number of hydrogen-bond donors (Lipinski definition) is 0. The molecule has 298 valence electrons. The van der Waals surface area contributed by atoms with Gasteiger partial charge in [-0.2, -0.15) is 0 Å². The summed E-state index contributed by atoms with van der Waals surface area (Å²) in [6, 6.07) is 68.9. The van der Waals surface area contributed by atoms with E-state index in [0.717, 1.165) is 116 Å². The molecule has 0 saturated heterocycles. The molecule has 0 saturated carbocycles. The smallest absolute Gasteiger partial charge is 0.143 e. The number of rotatable bonds is 5. The van der Waals surface area contributed by atoms with Crippen molar-refractivity contribution in [3.63, 3.8) is 0 Å². The Hall–Kier alpha value is -8.47. The van der Waals surface area contributed by atoms with Crippen molar-refractivity contribution < 1.29 is 13.3 Å². The van der Waals surface area contributed by atoms with Crippen molar-refractivity contribution in [2.24, 2.45) is 0 Å². The molecular formula is C60H35NO3. The molecule has 13 aromatic rings. The molecule has 4 aromatic heterocycles. The van der Waals surface area contributed by atoms with Crippen molar-refractivity contribution >= 4 is 65.8 Å². The second kappa shape index (κ2) is 13.5. The van der Waals surface area contributed by atoms with Crippen LogP contribution in [0, 0.1) is 0 Å². The van der Waals surface area contributed by atoms with E-state index in [4.69, 9.17) is 18.2 Å². The van der Waals surface area contributed by atoms with Crippen LogP contribution < -0.4 is 0 Å². The molecule has 0 N–H and O–H groups in total. The minimum absolute atomic E-state index is 0.120. The summed E-state index contributed by atoms with van der Waals surface area (Å²) in [6.07, 6.45) is 4.00. The van der Waals surface area contributed by atoms with Gasteiger partial charge in [-0.05, 0) is 75.3 Å². The third-order valence-electron chi connectivity index (χ3n) is 13.5. The zero-order valence-electron chi connectivity index (χ0n) is 34.4. The fourth-order valence-electron chi connectivity index (χ4n) is 10.7. The summed E-state index contributed by atoms with van der Waals surface area (Å²) >= 11 is 0. The quantitative estimate of drug-likeness (QED) is 0.174. The molecule has 1 aliphatic rings. The van der Waals surface area contributed by atoms with Crippen LogP contribution in [-0.4, -0.2) is 4.98 Å². The van der Waals surface area contributed by atoms with Crippen molar-refractivity contribution in [3.05, 3.63) is 223 Å². The monoisotopic (exact) mass is 817 g/mol. The van der Waals surface area contributed by atoms with E-state index in [-0.39, 0.29) is 5.92 Å². The summed E-state index contributed by atoms with van der Waals surface area (Å²) in [5.41, 5.74) is 19.6. The Morgan fingerprint density at radius 3 is 1.66 bits per heavy atom. The summed E-state index contributed by atoms with van der Waals surface area (Å²) in [7, 11) is 0. The fourth-order valence-corrected chi connectivity index (χ4v) is 10.7. The number of nitrogens with zero attached hydrogens (tertiary/aromatic N) is 1. The highest BCUT2D eigenvalue weighted by atomic mass is 16.3. The van der Waals surface area contributed by atoms with Crippen molar-refractivity contribution in [1.82, 2.24) is 4.98 Å². The Kier molecular flexibility index (Phi) is 7.42. The molecule has 64 heavy (non-hydrogen) atoms. The van der Waals surface area contributed by atoms with Crippen LogP contribution in [-0.2, 0) is 0 Å². The molecule has 0 fully saturated rings. The minimum Gasteiger partial charge on any atom is -0.456 e. The number of hydrogen-bond acceptors (Lipinski definition) is 4. The van der Waals surface area contributed by atoms with E-state index in [1.807, 2.05) is 30.6 Å². The number of aromatic nitrogens is 1. The lowest BCUT2D eigenvalue weighted by atomic mass is 9.84. The summed E-state index contributed by atoms with van der Waals surface area (Å²) < 4.78 is 20.7. The van der Waals surface area contributed by atoms with Crippen molar-refractivity contribution in [2.45, 2.75) is 5.92 Å². The predicted molar refractivity (Wildman–Crippen MR) is 261 cm³/mol. The summed E-state index contributed by atoms with van der Waals surface area (Å²) in [6.45, 7) is 0. The highest BCUT2D eigenvalue weighted by Crippen LogP contribution is 2.55. The van der Waals surface area contributed by atoms with Gasteiger partial charge in [0.1, 0.15) is 33.5 Å². The van der Waals surface area contributed by atoms with Gasteiger partial charge in [0.2, 0.25) is 0 Å². The highest BCUT2D eigenvalue weighted by molar-refractivity contribution is 6.17. The van der Waals surface area contributed by atoms with Gasteiger partial charge in [-0.25, -0.2) is 0 Å². The van der Waals surface area contributed by atoms with Gasteiger partial charge in [-0.3, -0.25) is 4.98 Å². The Morgan fingerprint density at radius 2 is 0.891 bits per heavy atom. The van der Waals surface area contributed by atoms with Crippen LogP contribution in [0.4, 0.5) is 0 Å². The molecule has 1 unspecified atom stereocenters. The molecule has 9 aromatic carbocycles. The van der Waals surface area contributed by atoms with Crippen LogP contribution in [0.1, 0.15) is 22.6 Å². The van der Waals surface area contributed by atoms with Gasteiger partial charge in [0.25, 0.3) is 0 Å². The van der Waals surface area contributed by atoms with Crippen LogP contribution >= 0.6 is 0 Å². The highest BCUT2D eigenvalue weighted by Gasteiger charge is 2.36. The maximum absolute atomic E-state index is 7.55. The molecule has 0 aliphatic heterocycles. The number of benzene rings is 9. The molecule has 0 bridgehead atoms. The molecule has 14 rings (SSSR count). The molecule has 4 heterocycles. The van der Waals surface area contributed by atoms with Gasteiger partial charge in [0, 0.05) is 84.0 Å². The first kappa shape index (κ1) is 35.2. The van der Waals surface area contributed by atoms with Gasteiger partial charge in [0.15, 0.2) is 0 Å². The van der Waals surface area contributed by atoms with Crippen LogP contribution in [0.5, 0.6) is 0 Å². The SMILES string of the molecule is c1ccc(-c2cncc(-c3ccccc3)c2-c2ccc3c(oc4c(C5c6ccccc6-c6ccc7c(oc8ccccc87)c65)cccc43)c2-c2ccc3oc4ccccc4c3c2)cc1. The number of fused-ring (bicyclic) bond motifs is 13. The van der Waals surface area contributed by atoms with Crippen molar-refractivity contribution in [3.8, 4) is 55.6 Å². The number of para-hydroxylation sites is 3. The first-order valence-corrected chi connectivity index (χ1v) is 21.8. The van der Waals surface area contributed by atoms with Crippen LogP contribution in [0.3, 0.4) is 0 Å². The third kappa shape index (κ3) is 5.02. The van der Waals surface area contributed by atoms with E-state index in [0.29, 0.717) is 0 Å². The molecule has 0 radical (unpaired) electrons. The first-order chi connectivity index (χ1) is 31.8. The maximum atomic E-state index is 7.55. The van der Waals surface area contributed by atoms with E-state index in [1.165, 1.54) is 22.3 Å². The normalized spacial score (nSPS) is 13.5. The summed E-state index contributed by atoms with van der Waals surface area (Å²) in [5.74, 6) is -0.120. The second-order valence-corrected chi connectivity index (χ2v) is 16.9. The molecular weight excluding hydrogens is 783 g/mol. The minimum atomic E-state index is -0.120. The second-order valence-electron chi connectivity index (χ2n) is 16.9.